The van der Waals surface area contributed by atoms with Crippen LogP contribution >= 0.6 is 0 Å². The summed E-state index contributed by atoms with van der Waals surface area (Å²) in [6.45, 7) is 4.67. The Kier molecular flexibility index (Phi) is 5.16. The van der Waals surface area contributed by atoms with Crippen LogP contribution in [0.15, 0.2) is 48.5 Å². The summed E-state index contributed by atoms with van der Waals surface area (Å²) >= 11 is 0. The molecule has 2 aromatic carbocycles. The maximum atomic E-state index is 12.8. The van der Waals surface area contributed by atoms with Crippen LogP contribution in [0, 0.1) is 0 Å². The van der Waals surface area contributed by atoms with Gasteiger partial charge < -0.3 is 15.2 Å². The monoisotopic (exact) mass is 431 g/mol. The number of para-hydroxylation sites is 1. The number of fused-ring (bicyclic) bond motifs is 1. The van der Waals surface area contributed by atoms with Crippen molar-refractivity contribution in [2.75, 3.05) is 6.54 Å². The Morgan fingerprint density at radius 3 is 2.84 bits per heavy atom. The number of benzene rings is 2. The minimum atomic E-state index is -0.367. The number of carbonyl (C=O) groups is 1. The molecule has 32 heavy (non-hydrogen) atoms. The van der Waals surface area contributed by atoms with Gasteiger partial charge in [-0.2, -0.15) is 5.10 Å². The third-order valence-corrected chi connectivity index (χ3v) is 6.61. The van der Waals surface area contributed by atoms with Crippen molar-refractivity contribution in [3.63, 3.8) is 0 Å². The summed E-state index contributed by atoms with van der Waals surface area (Å²) in [7, 11) is 0. The first-order valence-electron chi connectivity index (χ1n) is 11.3. The third kappa shape index (κ3) is 4.09. The largest absolute Gasteiger partial charge is 0.507 e. The highest BCUT2D eigenvalue weighted by molar-refractivity contribution is 5.96. The standard InChI is InChI=1S/C26H29N3O3/c1-16-11-18-12-19(9-10-24(18)32-16)26(2,14-20-13-22(29-28-20)17-7-8-17)15-27-25(31)21-5-3-4-6-23(21)30/h3-6,9-10,12-13,16-17,30H,7-8,11,14-15H2,1-2H3,(H,27,31)(H,28,29). The molecular weight excluding hydrogens is 402 g/mol. The summed E-state index contributed by atoms with van der Waals surface area (Å²) < 4.78 is 5.88. The van der Waals surface area contributed by atoms with Gasteiger partial charge in [-0.3, -0.25) is 9.89 Å². The number of amides is 1. The number of phenols is 1. The molecule has 0 saturated heterocycles. The van der Waals surface area contributed by atoms with Crippen LogP contribution in [0.2, 0.25) is 0 Å². The molecule has 1 fully saturated rings. The number of rotatable bonds is 7. The van der Waals surface area contributed by atoms with Gasteiger partial charge in [0.15, 0.2) is 0 Å². The minimum absolute atomic E-state index is 0.0157. The number of phenolic OH excluding ortho intramolecular Hbond substituents is 1. The van der Waals surface area contributed by atoms with Crippen LogP contribution < -0.4 is 10.1 Å². The van der Waals surface area contributed by atoms with E-state index in [1.807, 2.05) is 6.07 Å². The van der Waals surface area contributed by atoms with Gasteiger partial charge in [0.25, 0.3) is 5.91 Å². The van der Waals surface area contributed by atoms with E-state index in [1.165, 1.54) is 24.5 Å². The van der Waals surface area contributed by atoms with Crippen LogP contribution in [0.1, 0.15) is 65.5 Å². The second kappa shape index (κ2) is 8.01. The zero-order chi connectivity index (χ0) is 22.3. The average Bonchev–Trinajstić information content (AvgIpc) is 3.41. The van der Waals surface area contributed by atoms with Crippen LogP contribution in [0.3, 0.4) is 0 Å². The Hall–Kier alpha value is -3.28. The van der Waals surface area contributed by atoms with E-state index >= 15 is 0 Å². The molecule has 1 amide bonds. The van der Waals surface area contributed by atoms with E-state index in [-0.39, 0.29) is 28.7 Å². The smallest absolute Gasteiger partial charge is 0.255 e. The van der Waals surface area contributed by atoms with E-state index in [1.54, 1.807) is 18.2 Å². The molecule has 0 bridgehead atoms. The lowest BCUT2D eigenvalue weighted by atomic mass is 9.77. The predicted octanol–water partition coefficient (Wildman–Crippen LogP) is 4.25. The van der Waals surface area contributed by atoms with E-state index in [0.29, 0.717) is 18.9 Å². The number of aromatic amines is 1. The van der Waals surface area contributed by atoms with Crippen molar-refractivity contribution in [1.29, 1.82) is 0 Å². The summed E-state index contributed by atoms with van der Waals surface area (Å²) in [4.78, 5) is 12.8. The Morgan fingerprint density at radius 1 is 1.25 bits per heavy atom. The first-order valence-corrected chi connectivity index (χ1v) is 11.3. The molecule has 2 aliphatic rings. The molecule has 1 saturated carbocycles. The number of nitrogens with zero attached hydrogens (tertiary/aromatic N) is 1. The zero-order valence-electron chi connectivity index (χ0n) is 18.5. The highest BCUT2D eigenvalue weighted by atomic mass is 16.5. The van der Waals surface area contributed by atoms with Crippen LogP contribution in [-0.4, -0.2) is 33.9 Å². The van der Waals surface area contributed by atoms with Crippen molar-refractivity contribution in [3.8, 4) is 11.5 Å². The van der Waals surface area contributed by atoms with Crippen molar-refractivity contribution in [3.05, 3.63) is 76.6 Å². The SMILES string of the molecule is CC1Cc2cc(C(C)(CNC(=O)c3ccccc3O)Cc3cc(C4CC4)n[nH]3)ccc2O1. The summed E-state index contributed by atoms with van der Waals surface area (Å²) in [5.41, 5.74) is 4.47. The normalized spacial score (nSPS) is 19.1. The highest BCUT2D eigenvalue weighted by Gasteiger charge is 2.32. The molecule has 1 aliphatic carbocycles. The fourth-order valence-electron chi connectivity index (χ4n) is 4.58. The lowest BCUT2D eigenvalue weighted by Gasteiger charge is -2.30. The number of H-pyrrole nitrogens is 1. The number of aromatic hydroxyl groups is 1. The van der Waals surface area contributed by atoms with E-state index in [2.05, 4.69) is 47.6 Å². The van der Waals surface area contributed by atoms with Gasteiger partial charge in [0.2, 0.25) is 0 Å². The first kappa shape index (κ1) is 20.6. The Morgan fingerprint density at radius 2 is 2.06 bits per heavy atom. The maximum absolute atomic E-state index is 12.8. The van der Waals surface area contributed by atoms with E-state index < -0.39 is 0 Å². The number of carbonyl (C=O) groups excluding carboxylic acids is 1. The second-order valence-corrected chi connectivity index (χ2v) is 9.48. The molecule has 166 valence electrons. The summed E-state index contributed by atoms with van der Waals surface area (Å²) in [5, 5.41) is 20.8. The fourth-order valence-corrected chi connectivity index (χ4v) is 4.58. The molecule has 1 aromatic heterocycles. The van der Waals surface area contributed by atoms with E-state index in [4.69, 9.17) is 4.74 Å². The van der Waals surface area contributed by atoms with Gasteiger partial charge in [-0.25, -0.2) is 0 Å². The summed E-state index contributed by atoms with van der Waals surface area (Å²) in [5.74, 6) is 1.23. The van der Waals surface area contributed by atoms with Gasteiger partial charge in [-0.15, -0.1) is 0 Å². The number of ether oxygens (including phenoxy) is 1. The Balaban J connectivity index is 1.42. The van der Waals surface area contributed by atoms with Crippen molar-refractivity contribution in [1.82, 2.24) is 15.5 Å². The molecule has 6 nitrogen and oxygen atoms in total. The van der Waals surface area contributed by atoms with Gasteiger partial charge in [-0.05, 0) is 55.2 Å². The van der Waals surface area contributed by atoms with Gasteiger partial charge >= 0.3 is 0 Å². The molecule has 3 N–H and O–H groups in total. The molecule has 0 spiro atoms. The summed E-state index contributed by atoms with van der Waals surface area (Å²) in [6, 6.07) is 15.1. The second-order valence-electron chi connectivity index (χ2n) is 9.48. The fraction of sp³-hybridized carbons (Fsp3) is 0.385. The van der Waals surface area contributed by atoms with Crippen molar-refractivity contribution < 1.29 is 14.6 Å². The molecule has 2 heterocycles. The molecule has 2 atom stereocenters. The zero-order valence-corrected chi connectivity index (χ0v) is 18.5. The number of aromatic nitrogens is 2. The Labute approximate surface area is 188 Å². The van der Waals surface area contributed by atoms with Gasteiger partial charge in [0.05, 0.1) is 11.3 Å². The van der Waals surface area contributed by atoms with Crippen molar-refractivity contribution >= 4 is 5.91 Å². The first-order chi connectivity index (χ1) is 15.4. The molecule has 6 heteroatoms. The Bertz CT molecular complexity index is 1150. The number of hydrogen-bond acceptors (Lipinski definition) is 4. The van der Waals surface area contributed by atoms with Crippen molar-refractivity contribution in [2.24, 2.45) is 0 Å². The van der Waals surface area contributed by atoms with Crippen LogP contribution in [0.5, 0.6) is 11.5 Å². The van der Waals surface area contributed by atoms with Gasteiger partial charge in [-0.1, -0.05) is 31.2 Å². The average molecular weight is 432 g/mol. The van der Waals surface area contributed by atoms with E-state index in [0.717, 1.165) is 29.1 Å². The molecular formula is C26H29N3O3. The van der Waals surface area contributed by atoms with Crippen LogP contribution in [0.25, 0.3) is 0 Å². The third-order valence-electron chi connectivity index (χ3n) is 6.61. The molecule has 0 radical (unpaired) electrons. The molecule has 3 aromatic rings. The topological polar surface area (TPSA) is 87.2 Å². The van der Waals surface area contributed by atoms with Crippen LogP contribution in [-0.2, 0) is 18.3 Å². The maximum Gasteiger partial charge on any atom is 0.255 e. The predicted molar refractivity (Wildman–Crippen MR) is 122 cm³/mol. The number of nitrogens with one attached hydrogen (secondary N) is 2. The lowest BCUT2D eigenvalue weighted by Crippen LogP contribution is -2.40. The highest BCUT2D eigenvalue weighted by Crippen LogP contribution is 2.40. The minimum Gasteiger partial charge on any atom is -0.507 e. The number of hydrogen-bond donors (Lipinski definition) is 3. The molecule has 2 unspecified atom stereocenters. The molecule has 1 aliphatic heterocycles. The molecule has 5 rings (SSSR count). The van der Waals surface area contributed by atoms with Gasteiger partial charge in [0, 0.05) is 36.4 Å². The quantitative estimate of drug-likeness (QED) is 0.522. The van der Waals surface area contributed by atoms with Crippen molar-refractivity contribution in [2.45, 2.75) is 57.0 Å². The lowest BCUT2D eigenvalue weighted by molar-refractivity contribution is 0.0941. The van der Waals surface area contributed by atoms with Crippen LogP contribution in [0.4, 0.5) is 0 Å². The van der Waals surface area contributed by atoms with Gasteiger partial charge in [0.1, 0.15) is 17.6 Å². The summed E-state index contributed by atoms with van der Waals surface area (Å²) in [6.07, 6.45) is 4.20. The van der Waals surface area contributed by atoms with E-state index in [9.17, 15) is 9.90 Å².